The fraction of sp³-hybridized carbons (Fsp3) is 0.867. The number of nitrogens with zero attached hydrogens (tertiary/aromatic N) is 1. The van der Waals surface area contributed by atoms with Gasteiger partial charge in [-0.25, -0.2) is 4.79 Å². The fourth-order valence-corrected chi connectivity index (χ4v) is 2.38. The van der Waals surface area contributed by atoms with E-state index in [1.807, 2.05) is 34.6 Å². The van der Waals surface area contributed by atoms with Gasteiger partial charge in [-0.05, 0) is 18.8 Å². The number of carbonyl (C=O) groups excluding carboxylic acids is 2. The zero-order valence-electron chi connectivity index (χ0n) is 13.9. The van der Waals surface area contributed by atoms with Crippen molar-refractivity contribution in [1.29, 1.82) is 0 Å². The summed E-state index contributed by atoms with van der Waals surface area (Å²) >= 11 is 0. The number of rotatable bonds is 7. The molecule has 0 fully saturated rings. The summed E-state index contributed by atoms with van der Waals surface area (Å²) in [6.07, 6.45) is -3.01. The summed E-state index contributed by atoms with van der Waals surface area (Å²) in [6, 6.07) is -0.233. The van der Waals surface area contributed by atoms with Crippen molar-refractivity contribution < 1.29 is 27.5 Å². The second-order valence-corrected chi connectivity index (χ2v) is 5.86. The van der Waals surface area contributed by atoms with Crippen LogP contribution >= 0.6 is 0 Å². The number of alkyl halides is 3. The van der Waals surface area contributed by atoms with Crippen LogP contribution in [-0.4, -0.2) is 42.1 Å². The van der Waals surface area contributed by atoms with Crippen LogP contribution < -0.4 is 0 Å². The van der Waals surface area contributed by atoms with Gasteiger partial charge in [0.05, 0.1) is 0 Å². The largest absolute Gasteiger partial charge is 0.449 e. The zero-order valence-corrected chi connectivity index (χ0v) is 13.9. The lowest BCUT2D eigenvalue weighted by Crippen LogP contribution is -2.48. The number of hydrogen-bond acceptors (Lipinski definition) is 3. The molecule has 0 aliphatic heterocycles. The Bertz CT molecular complexity index is 366. The predicted molar refractivity (Wildman–Crippen MR) is 77.1 cm³/mol. The molecular weight excluding hydrogens is 299 g/mol. The average molecular weight is 325 g/mol. The minimum atomic E-state index is -4.64. The van der Waals surface area contributed by atoms with E-state index in [9.17, 15) is 22.8 Å². The second-order valence-electron chi connectivity index (χ2n) is 5.86. The van der Waals surface area contributed by atoms with Crippen molar-refractivity contribution >= 4 is 11.9 Å². The van der Waals surface area contributed by atoms with Gasteiger partial charge in [-0.2, -0.15) is 13.2 Å². The van der Waals surface area contributed by atoms with Crippen molar-refractivity contribution in [3.05, 3.63) is 0 Å². The van der Waals surface area contributed by atoms with Gasteiger partial charge in [0.1, 0.15) is 0 Å². The first-order valence-electron chi connectivity index (χ1n) is 7.57. The van der Waals surface area contributed by atoms with E-state index in [2.05, 4.69) is 4.74 Å². The monoisotopic (exact) mass is 325 g/mol. The standard InChI is InChI=1S/C15H26F3NO3/c1-6-12(7-2)11(5)19(8-10(3)4)13(20)14(21)22-9-15(16,17)18/h10-12H,6-9H2,1-5H3. The van der Waals surface area contributed by atoms with E-state index in [4.69, 9.17) is 0 Å². The van der Waals surface area contributed by atoms with Gasteiger partial charge >= 0.3 is 18.1 Å². The number of halogens is 3. The second kappa shape index (κ2) is 9.00. The molecular formula is C15H26F3NO3. The van der Waals surface area contributed by atoms with Gasteiger partial charge in [-0.15, -0.1) is 0 Å². The van der Waals surface area contributed by atoms with Crippen LogP contribution in [0, 0.1) is 11.8 Å². The normalized spacial score (nSPS) is 13.4. The van der Waals surface area contributed by atoms with Crippen LogP contribution in [0.3, 0.4) is 0 Å². The smallest absolute Gasteiger partial charge is 0.422 e. The molecule has 0 aromatic heterocycles. The highest BCUT2D eigenvalue weighted by Gasteiger charge is 2.35. The average Bonchev–Trinajstić information content (AvgIpc) is 2.41. The highest BCUT2D eigenvalue weighted by Crippen LogP contribution is 2.21. The van der Waals surface area contributed by atoms with E-state index < -0.39 is 24.7 Å². The lowest BCUT2D eigenvalue weighted by molar-refractivity contribution is -0.190. The van der Waals surface area contributed by atoms with Crippen LogP contribution in [0.5, 0.6) is 0 Å². The number of esters is 1. The summed E-state index contributed by atoms with van der Waals surface area (Å²) < 4.78 is 40.3. The summed E-state index contributed by atoms with van der Waals surface area (Å²) in [5, 5.41) is 0. The minimum Gasteiger partial charge on any atom is -0.449 e. The highest BCUT2D eigenvalue weighted by molar-refractivity contribution is 6.32. The topological polar surface area (TPSA) is 46.6 Å². The van der Waals surface area contributed by atoms with Crippen LogP contribution in [-0.2, 0) is 14.3 Å². The van der Waals surface area contributed by atoms with E-state index in [1.165, 1.54) is 4.90 Å². The summed E-state index contributed by atoms with van der Waals surface area (Å²) in [5.41, 5.74) is 0. The predicted octanol–water partition coefficient (Wildman–Crippen LogP) is 3.40. The van der Waals surface area contributed by atoms with Gasteiger partial charge in [0.2, 0.25) is 0 Å². The van der Waals surface area contributed by atoms with Crippen LogP contribution in [0.4, 0.5) is 13.2 Å². The maximum absolute atomic E-state index is 12.2. The van der Waals surface area contributed by atoms with Gasteiger partial charge < -0.3 is 9.64 Å². The molecule has 0 aliphatic carbocycles. The third-order valence-electron chi connectivity index (χ3n) is 3.59. The van der Waals surface area contributed by atoms with Crippen molar-refractivity contribution in [2.24, 2.45) is 11.8 Å². The van der Waals surface area contributed by atoms with Crippen LogP contribution in [0.15, 0.2) is 0 Å². The molecule has 0 aliphatic rings. The first kappa shape index (κ1) is 20.7. The van der Waals surface area contributed by atoms with Gasteiger partial charge in [0, 0.05) is 12.6 Å². The molecule has 1 unspecified atom stereocenters. The van der Waals surface area contributed by atoms with Crippen molar-refractivity contribution in [2.75, 3.05) is 13.2 Å². The first-order valence-corrected chi connectivity index (χ1v) is 7.57. The third kappa shape index (κ3) is 7.13. The Morgan fingerprint density at radius 2 is 1.59 bits per heavy atom. The van der Waals surface area contributed by atoms with E-state index in [0.717, 1.165) is 12.8 Å². The van der Waals surface area contributed by atoms with Gasteiger partial charge in [0.15, 0.2) is 6.61 Å². The lowest BCUT2D eigenvalue weighted by Gasteiger charge is -2.34. The Morgan fingerprint density at radius 3 is 1.95 bits per heavy atom. The molecule has 0 heterocycles. The summed E-state index contributed by atoms with van der Waals surface area (Å²) in [5.74, 6) is -2.18. The Labute approximate surface area is 130 Å². The van der Waals surface area contributed by atoms with Crippen LogP contribution in [0.25, 0.3) is 0 Å². The van der Waals surface area contributed by atoms with Crippen LogP contribution in [0.2, 0.25) is 0 Å². The highest BCUT2D eigenvalue weighted by atomic mass is 19.4. The van der Waals surface area contributed by atoms with Gasteiger partial charge in [0.25, 0.3) is 0 Å². The first-order chi connectivity index (χ1) is 10.0. The quantitative estimate of drug-likeness (QED) is 0.532. The molecule has 0 saturated heterocycles. The molecule has 1 amide bonds. The van der Waals surface area contributed by atoms with Crippen molar-refractivity contribution in [2.45, 2.75) is 59.7 Å². The molecule has 4 nitrogen and oxygen atoms in total. The minimum absolute atomic E-state index is 0.0937. The molecule has 0 N–H and O–H groups in total. The molecule has 0 radical (unpaired) electrons. The van der Waals surface area contributed by atoms with E-state index in [0.29, 0.717) is 6.54 Å². The summed E-state index contributed by atoms with van der Waals surface area (Å²) in [4.78, 5) is 25.1. The lowest BCUT2D eigenvalue weighted by atomic mass is 9.93. The number of ether oxygens (including phenoxy) is 1. The summed E-state index contributed by atoms with van der Waals surface area (Å²) in [6.45, 7) is 8.08. The maximum Gasteiger partial charge on any atom is 0.422 e. The number of carbonyl (C=O) groups is 2. The molecule has 130 valence electrons. The SMILES string of the molecule is CCC(CC)C(C)N(CC(C)C)C(=O)C(=O)OCC(F)(F)F. The molecule has 0 rings (SSSR count). The molecule has 0 aromatic carbocycles. The van der Waals surface area contributed by atoms with Crippen molar-refractivity contribution in [1.82, 2.24) is 4.90 Å². The molecule has 1 atom stereocenters. The molecule has 0 bridgehead atoms. The third-order valence-corrected chi connectivity index (χ3v) is 3.59. The molecule has 0 saturated carbocycles. The Kier molecular flexibility index (Phi) is 8.48. The number of amides is 1. The number of hydrogen-bond donors (Lipinski definition) is 0. The summed E-state index contributed by atoms with van der Waals surface area (Å²) in [7, 11) is 0. The van der Waals surface area contributed by atoms with E-state index in [-0.39, 0.29) is 17.9 Å². The molecule has 22 heavy (non-hydrogen) atoms. The molecule has 0 spiro atoms. The van der Waals surface area contributed by atoms with Crippen LogP contribution in [0.1, 0.15) is 47.5 Å². The fourth-order valence-electron chi connectivity index (χ4n) is 2.38. The molecule has 7 heteroatoms. The zero-order chi connectivity index (χ0) is 17.5. The van der Waals surface area contributed by atoms with E-state index >= 15 is 0 Å². The molecule has 0 aromatic rings. The van der Waals surface area contributed by atoms with E-state index in [1.54, 1.807) is 0 Å². The Morgan fingerprint density at radius 1 is 1.09 bits per heavy atom. The van der Waals surface area contributed by atoms with Crippen molar-refractivity contribution in [3.8, 4) is 0 Å². The Hall–Kier alpha value is -1.27. The van der Waals surface area contributed by atoms with Gasteiger partial charge in [-0.3, -0.25) is 4.79 Å². The Balaban J connectivity index is 5.01. The van der Waals surface area contributed by atoms with Gasteiger partial charge in [-0.1, -0.05) is 40.5 Å². The maximum atomic E-state index is 12.2. The van der Waals surface area contributed by atoms with Crippen molar-refractivity contribution in [3.63, 3.8) is 0 Å².